The maximum Gasteiger partial charge on any atom is 0.229 e. The highest BCUT2D eigenvalue weighted by molar-refractivity contribution is 7.13. The Morgan fingerprint density at radius 3 is 2.25 bits per heavy atom. The number of azo groups is 2. The fourth-order valence-corrected chi connectivity index (χ4v) is 3.23. The van der Waals surface area contributed by atoms with Crippen LogP contribution in [0.25, 0.3) is 10.8 Å². The summed E-state index contributed by atoms with van der Waals surface area (Å²) in [5.74, 6) is 0. The van der Waals surface area contributed by atoms with E-state index < -0.39 is 0 Å². The van der Waals surface area contributed by atoms with Crippen molar-refractivity contribution >= 4 is 56.7 Å². The number of thiazole rings is 1. The van der Waals surface area contributed by atoms with Crippen molar-refractivity contribution in [3.63, 3.8) is 0 Å². The van der Waals surface area contributed by atoms with Crippen molar-refractivity contribution in [3.05, 3.63) is 71.7 Å². The lowest BCUT2D eigenvalue weighted by Crippen LogP contribution is -1.76. The summed E-state index contributed by atoms with van der Waals surface area (Å²) in [6, 6.07) is 17.4. The molecule has 0 aliphatic carbocycles. The van der Waals surface area contributed by atoms with E-state index in [2.05, 4.69) is 37.2 Å². The molecule has 0 aliphatic heterocycles. The molecule has 136 valence electrons. The average molecular weight is 384 g/mol. The van der Waals surface area contributed by atoms with Crippen molar-refractivity contribution in [2.75, 3.05) is 0 Å². The first kappa shape index (κ1) is 17.8. The molecule has 6 nitrogen and oxygen atoms in total. The molecule has 0 fully saturated rings. The summed E-state index contributed by atoms with van der Waals surface area (Å²) in [7, 11) is 0. The van der Waals surface area contributed by atoms with E-state index in [0.29, 0.717) is 5.13 Å². The summed E-state index contributed by atoms with van der Waals surface area (Å²) in [5, 5.41) is 21.7. The molecule has 0 N–H and O–H groups in total. The molecule has 4 rings (SSSR count). The molecular formula is C21H16N6S. The molecule has 0 saturated heterocycles. The van der Waals surface area contributed by atoms with Crippen LogP contribution in [0.4, 0.5) is 27.9 Å². The molecule has 1 heterocycles. The van der Waals surface area contributed by atoms with E-state index in [1.165, 1.54) is 11.3 Å². The van der Waals surface area contributed by atoms with Crippen molar-refractivity contribution in [2.24, 2.45) is 25.4 Å². The molecule has 0 spiro atoms. The zero-order valence-electron chi connectivity index (χ0n) is 15.1. The first-order valence-electron chi connectivity index (χ1n) is 8.57. The highest BCUT2D eigenvalue weighted by atomic mass is 32.1. The molecule has 3 aromatic carbocycles. The molecule has 0 unspecified atom stereocenters. The Balaban J connectivity index is 1.62. The predicted octanol–water partition coefficient (Wildman–Crippen LogP) is 7.77. The van der Waals surface area contributed by atoms with Gasteiger partial charge in [-0.25, -0.2) is 4.98 Å². The number of aliphatic imine (C=N–C) groups is 1. The Hall–Kier alpha value is -3.58. The quantitative estimate of drug-likeness (QED) is 0.256. The summed E-state index contributed by atoms with van der Waals surface area (Å²) in [4.78, 5) is 8.16. The molecule has 0 amide bonds. The molecule has 0 saturated carbocycles. The van der Waals surface area contributed by atoms with E-state index in [9.17, 15) is 0 Å². The number of aromatic nitrogens is 1. The zero-order chi connectivity index (χ0) is 19.3. The van der Waals surface area contributed by atoms with Crippen molar-refractivity contribution in [1.29, 1.82) is 0 Å². The van der Waals surface area contributed by atoms with E-state index in [0.717, 1.165) is 39.1 Å². The van der Waals surface area contributed by atoms with Gasteiger partial charge in [0.1, 0.15) is 0 Å². The number of hydrogen-bond donors (Lipinski definition) is 0. The lowest BCUT2D eigenvalue weighted by molar-refractivity contribution is 1.18. The third kappa shape index (κ3) is 3.74. The molecule has 28 heavy (non-hydrogen) atoms. The van der Waals surface area contributed by atoms with Gasteiger partial charge in [-0.1, -0.05) is 24.3 Å². The topological polar surface area (TPSA) is 74.7 Å². The molecule has 1 aromatic heterocycles. The fourth-order valence-electron chi connectivity index (χ4n) is 2.78. The summed E-state index contributed by atoms with van der Waals surface area (Å²) in [6.07, 6.45) is 1.70. The van der Waals surface area contributed by atoms with Crippen molar-refractivity contribution in [2.45, 2.75) is 6.92 Å². The van der Waals surface area contributed by atoms with Crippen molar-refractivity contribution in [1.82, 2.24) is 4.98 Å². The zero-order valence-corrected chi connectivity index (χ0v) is 16.0. The van der Waals surface area contributed by atoms with E-state index in [1.807, 2.05) is 66.9 Å². The summed E-state index contributed by atoms with van der Waals surface area (Å²) >= 11 is 1.44. The lowest BCUT2D eigenvalue weighted by Gasteiger charge is -2.05. The van der Waals surface area contributed by atoms with Crippen molar-refractivity contribution < 1.29 is 0 Å². The predicted molar refractivity (Wildman–Crippen MR) is 115 cm³/mol. The first-order valence-corrected chi connectivity index (χ1v) is 9.44. The Morgan fingerprint density at radius 2 is 1.54 bits per heavy atom. The number of rotatable bonds is 5. The molecule has 0 bridgehead atoms. The van der Waals surface area contributed by atoms with Crippen LogP contribution >= 0.6 is 11.3 Å². The van der Waals surface area contributed by atoms with Crippen LogP contribution in [-0.4, -0.2) is 11.7 Å². The fraction of sp³-hybridized carbons (Fsp3) is 0.0476. The highest BCUT2D eigenvalue weighted by Crippen LogP contribution is 2.34. The standard InChI is InChI=1S/C21H16N6S/c1-14-13-15(24-27-21-23-11-12-28-21)7-8-18(14)25-26-20-10-9-19(22-2)16-5-3-4-6-17(16)20/h3-13H,2H2,1H3. The molecule has 0 atom stereocenters. The van der Waals surface area contributed by atoms with Gasteiger partial charge in [0.25, 0.3) is 0 Å². The maximum absolute atomic E-state index is 4.46. The number of nitrogens with zero attached hydrogens (tertiary/aromatic N) is 6. The Labute approximate surface area is 166 Å². The van der Waals surface area contributed by atoms with Gasteiger partial charge in [0.05, 0.1) is 22.7 Å². The minimum Gasteiger partial charge on any atom is -0.264 e. The number of aryl methyl sites for hydroxylation is 1. The Kier molecular flexibility index (Phi) is 5.07. The van der Waals surface area contributed by atoms with Gasteiger partial charge in [-0.3, -0.25) is 4.99 Å². The summed E-state index contributed by atoms with van der Waals surface area (Å²) in [6.45, 7) is 5.60. The Morgan fingerprint density at radius 1 is 0.821 bits per heavy atom. The van der Waals surface area contributed by atoms with Crippen LogP contribution in [0.3, 0.4) is 0 Å². The monoisotopic (exact) mass is 384 g/mol. The molecular weight excluding hydrogens is 368 g/mol. The normalized spacial score (nSPS) is 11.6. The molecule has 7 heteroatoms. The maximum atomic E-state index is 4.46. The van der Waals surface area contributed by atoms with Gasteiger partial charge in [-0.15, -0.1) is 26.7 Å². The van der Waals surface area contributed by atoms with Gasteiger partial charge in [-0.2, -0.15) is 5.11 Å². The van der Waals surface area contributed by atoms with Crippen LogP contribution in [-0.2, 0) is 0 Å². The van der Waals surface area contributed by atoms with Gasteiger partial charge < -0.3 is 0 Å². The van der Waals surface area contributed by atoms with E-state index >= 15 is 0 Å². The SMILES string of the molecule is C=Nc1ccc(N=Nc2ccc(N=Nc3nccs3)cc2C)c2ccccc12. The second-order valence-electron chi connectivity index (χ2n) is 5.99. The van der Waals surface area contributed by atoms with Crippen LogP contribution in [0.2, 0.25) is 0 Å². The van der Waals surface area contributed by atoms with Gasteiger partial charge in [0.15, 0.2) is 0 Å². The average Bonchev–Trinajstić information content (AvgIpc) is 3.25. The largest absolute Gasteiger partial charge is 0.264 e. The third-order valence-electron chi connectivity index (χ3n) is 4.16. The number of fused-ring (bicyclic) bond motifs is 1. The van der Waals surface area contributed by atoms with Crippen molar-refractivity contribution in [3.8, 4) is 0 Å². The molecule has 0 aliphatic rings. The second kappa shape index (κ2) is 7.98. The van der Waals surface area contributed by atoms with E-state index in [-0.39, 0.29) is 0 Å². The van der Waals surface area contributed by atoms with Gasteiger partial charge in [0.2, 0.25) is 5.13 Å². The van der Waals surface area contributed by atoms with Crippen LogP contribution in [0.15, 0.2) is 91.6 Å². The molecule has 0 radical (unpaired) electrons. The van der Waals surface area contributed by atoms with Gasteiger partial charge in [0, 0.05) is 22.3 Å². The minimum absolute atomic E-state index is 0.630. The van der Waals surface area contributed by atoms with E-state index in [1.54, 1.807) is 6.20 Å². The van der Waals surface area contributed by atoms with Crippen LogP contribution in [0, 0.1) is 6.92 Å². The lowest BCUT2D eigenvalue weighted by atomic mass is 10.1. The van der Waals surface area contributed by atoms with Crippen LogP contribution < -0.4 is 0 Å². The van der Waals surface area contributed by atoms with E-state index in [4.69, 9.17) is 0 Å². The summed E-state index contributed by atoms with van der Waals surface area (Å²) < 4.78 is 0. The third-order valence-corrected chi connectivity index (χ3v) is 4.82. The highest BCUT2D eigenvalue weighted by Gasteiger charge is 2.05. The first-order chi connectivity index (χ1) is 13.7. The van der Waals surface area contributed by atoms with Gasteiger partial charge in [-0.05, 0) is 49.5 Å². The summed E-state index contributed by atoms with van der Waals surface area (Å²) in [5.41, 5.74) is 4.12. The van der Waals surface area contributed by atoms with Gasteiger partial charge >= 0.3 is 0 Å². The van der Waals surface area contributed by atoms with Crippen LogP contribution in [0.5, 0.6) is 0 Å². The number of benzene rings is 3. The number of hydrogen-bond acceptors (Lipinski definition) is 7. The molecule has 4 aromatic rings. The minimum atomic E-state index is 0.630. The second-order valence-corrected chi connectivity index (χ2v) is 6.87. The smallest absolute Gasteiger partial charge is 0.229 e. The Bertz CT molecular complexity index is 1190. The van der Waals surface area contributed by atoms with Crippen LogP contribution in [0.1, 0.15) is 5.56 Å².